The predicted octanol–water partition coefficient (Wildman–Crippen LogP) is 3.41. The number of carbonyl (C=O) groups excluding carboxylic acids is 1. The Labute approximate surface area is 137 Å². The van der Waals surface area contributed by atoms with Gasteiger partial charge in [0.1, 0.15) is 11.6 Å². The lowest BCUT2D eigenvalue weighted by molar-refractivity contribution is -0.139. The second-order valence-electron chi connectivity index (χ2n) is 6.38. The largest absolute Gasteiger partial charge is 0.462 e. The lowest BCUT2D eigenvalue weighted by Crippen LogP contribution is -2.21. The molecule has 0 spiro atoms. The summed E-state index contributed by atoms with van der Waals surface area (Å²) in [4.78, 5) is 11.9. The molecular formula is C18H25NO4. The summed E-state index contributed by atoms with van der Waals surface area (Å²) < 4.78 is 16.4. The van der Waals surface area contributed by atoms with E-state index in [4.69, 9.17) is 14.2 Å². The number of nitriles is 1. The van der Waals surface area contributed by atoms with Crippen molar-refractivity contribution in [3.05, 3.63) is 22.8 Å². The fraction of sp³-hybridized carbons (Fsp3) is 0.667. The molecule has 1 aliphatic heterocycles. The first-order chi connectivity index (χ1) is 10.9. The Morgan fingerprint density at radius 1 is 1.48 bits per heavy atom. The molecule has 0 N–H and O–H groups in total. The van der Waals surface area contributed by atoms with E-state index in [0.717, 1.165) is 37.7 Å². The van der Waals surface area contributed by atoms with Gasteiger partial charge in [0.05, 0.1) is 19.3 Å². The summed E-state index contributed by atoms with van der Waals surface area (Å²) in [5, 5.41) is 9.25. The van der Waals surface area contributed by atoms with Crippen LogP contribution in [0.25, 0.3) is 0 Å². The van der Waals surface area contributed by atoms with E-state index >= 15 is 0 Å². The van der Waals surface area contributed by atoms with E-state index in [1.54, 1.807) is 6.92 Å². The number of allylic oxidation sites excluding steroid dienone is 3. The van der Waals surface area contributed by atoms with Gasteiger partial charge in [-0.3, -0.25) is 0 Å². The van der Waals surface area contributed by atoms with Gasteiger partial charge in [-0.25, -0.2) is 4.79 Å². The highest BCUT2D eigenvalue weighted by Gasteiger charge is 2.32. The molecule has 126 valence electrons. The zero-order valence-corrected chi connectivity index (χ0v) is 14.2. The molecule has 0 amide bonds. The molecule has 0 aromatic carbocycles. The Morgan fingerprint density at radius 3 is 2.87 bits per heavy atom. The normalized spacial score (nSPS) is 25.5. The van der Waals surface area contributed by atoms with Crippen LogP contribution in [0.3, 0.4) is 0 Å². The van der Waals surface area contributed by atoms with E-state index < -0.39 is 11.8 Å². The van der Waals surface area contributed by atoms with E-state index in [2.05, 4.69) is 0 Å². The Balaban J connectivity index is 2.01. The number of hydrogen-bond acceptors (Lipinski definition) is 5. The van der Waals surface area contributed by atoms with Gasteiger partial charge < -0.3 is 14.2 Å². The van der Waals surface area contributed by atoms with Gasteiger partial charge in [0.15, 0.2) is 5.79 Å². The van der Waals surface area contributed by atoms with Crippen molar-refractivity contribution in [2.45, 2.75) is 64.8 Å². The summed E-state index contributed by atoms with van der Waals surface area (Å²) in [7, 11) is 0. The van der Waals surface area contributed by atoms with Crippen molar-refractivity contribution in [1.29, 1.82) is 5.26 Å². The third-order valence-electron chi connectivity index (χ3n) is 4.09. The number of ether oxygens (including phenoxy) is 3. The van der Waals surface area contributed by atoms with E-state index in [-0.39, 0.29) is 18.3 Å². The van der Waals surface area contributed by atoms with Crippen LogP contribution in [0.5, 0.6) is 0 Å². The van der Waals surface area contributed by atoms with Crippen molar-refractivity contribution in [2.24, 2.45) is 0 Å². The smallest absolute Gasteiger partial charge is 0.349 e. The molecule has 1 aliphatic carbocycles. The summed E-state index contributed by atoms with van der Waals surface area (Å²) in [6.45, 7) is 6.49. The number of carbonyl (C=O) groups is 1. The molecule has 0 bridgehead atoms. The van der Waals surface area contributed by atoms with Crippen LogP contribution in [-0.2, 0) is 19.0 Å². The van der Waals surface area contributed by atoms with Gasteiger partial charge in [-0.1, -0.05) is 11.6 Å². The molecule has 1 unspecified atom stereocenters. The van der Waals surface area contributed by atoms with Gasteiger partial charge in [0.25, 0.3) is 0 Å². The van der Waals surface area contributed by atoms with Gasteiger partial charge >= 0.3 is 5.97 Å². The molecule has 0 aromatic heterocycles. The molecule has 5 nitrogen and oxygen atoms in total. The van der Waals surface area contributed by atoms with Crippen molar-refractivity contribution in [1.82, 2.24) is 0 Å². The second kappa shape index (κ2) is 7.76. The molecular weight excluding hydrogens is 294 g/mol. The molecule has 1 atom stereocenters. The van der Waals surface area contributed by atoms with Crippen LogP contribution in [0.1, 0.15) is 52.9 Å². The van der Waals surface area contributed by atoms with E-state index in [9.17, 15) is 10.1 Å². The van der Waals surface area contributed by atoms with Crippen molar-refractivity contribution >= 4 is 5.97 Å². The van der Waals surface area contributed by atoms with Crippen LogP contribution in [0, 0.1) is 11.3 Å². The Bertz CT molecular complexity index is 554. The highest BCUT2D eigenvalue weighted by molar-refractivity contribution is 5.94. The van der Waals surface area contributed by atoms with Crippen molar-refractivity contribution < 1.29 is 19.0 Å². The van der Waals surface area contributed by atoms with Crippen molar-refractivity contribution in [3.8, 4) is 6.07 Å². The quantitative estimate of drug-likeness (QED) is 0.441. The van der Waals surface area contributed by atoms with E-state index in [1.165, 1.54) is 5.57 Å². The van der Waals surface area contributed by atoms with Gasteiger partial charge in [0, 0.05) is 0 Å². The first kappa shape index (κ1) is 17.7. The third kappa shape index (κ3) is 4.92. The van der Waals surface area contributed by atoms with Crippen LogP contribution in [0.15, 0.2) is 22.8 Å². The van der Waals surface area contributed by atoms with Gasteiger partial charge in [-0.15, -0.1) is 0 Å². The van der Waals surface area contributed by atoms with Gasteiger partial charge in [-0.2, -0.15) is 5.26 Å². The summed E-state index contributed by atoms with van der Waals surface area (Å²) in [5.74, 6) is -1.01. The lowest BCUT2D eigenvalue weighted by Gasteiger charge is -2.19. The minimum atomic E-state index is -0.517. The fourth-order valence-electron chi connectivity index (χ4n) is 2.99. The molecule has 5 heteroatoms. The number of hydrogen-bond donors (Lipinski definition) is 0. The maximum atomic E-state index is 11.9. The maximum absolute atomic E-state index is 11.9. The molecule has 2 rings (SSSR count). The standard InChI is InChI=1S/C18H25NO4/c1-4-21-17(20)16(11-19)14-7-5-6-13(10-14)8-9-15-12-22-18(2,3)23-15/h10,15H,4-9,12H2,1-3H3/b16-14-. The second-order valence-corrected chi connectivity index (χ2v) is 6.38. The molecule has 1 saturated heterocycles. The first-order valence-corrected chi connectivity index (χ1v) is 8.26. The minimum Gasteiger partial charge on any atom is -0.462 e. The van der Waals surface area contributed by atoms with Crippen LogP contribution < -0.4 is 0 Å². The Hall–Kier alpha value is -1.64. The van der Waals surface area contributed by atoms with Crippen LogP contribution in [-0.4, -0.2) is 31.1 Å². The number of nitrogens with zero attached hydrogens (tertiary/aromatic N) is 1. The van der Waals surface area contributed by atoms with Crippen LogP contribution in [0.4, 0.5) is 0 Å². The minimum absolute atomic E-state index is 0.112. The zero-order valence-electron chi connectivity index (χ0n) is 14.2. The van der Waals surface area contributed by atoms with Crippen molar-refractivity contribution in [3.63, 3.8) is 0 Å². The third-order valence-corrected chi connectivity index (χ3v) is 4.09. The average molecular weight is 319 g/mol. The topological polar surface area (TPSA) is 68.6 Å². The zero-order chi connectivity index (χ0) is 16.9. The molecule has 1 fully saturated rings. The Morgan fingerprint density at radius 2 is 2.26 bits per heavy atom. The predicted molar refractivity (Wildman–Crippen MR) is 85.3 cm³/mol. The number of rotatable bonds is 5. The van der Waals surface area contributed by atoms with Crippen LogP contribution in [0.2, 0.25) is 0 Å². The van der Waals surface area contributed by atoms with Gasteiger partial charge in [-0.05, 0) is 58.4 Å². The fourth-order valence-corrected chi connectivity index (χ4v) is 2.99. The van der Waals surface area contributed by atoms with Gasteiger partial charge in [0.2, 0.25) is 0 Å². The van der Waals surface area contributed by atoms with E-state index in [0.29, 0.717) is 6.61 Å². The number of esters is 1. The highest BCUT2D eigenvalue weighted by atomic mass is 16.7. The maximum Gasteiger partial charge on any atom is 0.349 e. The van der Waals surface area contributed by atoms with E-state index in [1.807, 2.05) is 26.0 Å². The Kier molecular flexibility index (Phi) is 5.97. The summed E-state index contributed by atoms with van der Waals surface area (Å²) in [5.41, 5.74) is 2.21. The first-order valence-electron chi connectivity index (χ1n) is 8.26. The SMILES string of the molecule is CCOC(=O)/C(C#N)=C1\C=C(CCC2COC(C)(C)O2)CCC1. The summed E-state index contributed by atoms with van der Waals surface area (Å²) >= 11 is 0. The molecule has 23 heavy (non-hydrogen) atoms. The lowest BCUT2D eigenvalue weighted by atomic mass is 9.89. The molecule has 2 aliphatic rings. The van der Waals surface area contributed by atoms with Crippen LogP contribution >= 0.6 is 0 Å². The summed E-state index contributed by atoms with van der Waals surface area (Å²) in [6.07, 6.45) is 6.61. The molecule has 0 saturated carbocycles. The monoisotopic (exact) mass is 319 g/mol. The van der Waals surface area contributed by atoms with Crippen molar-refractivity contribution in [2.75, 3.05) is 13.2 Å². The summed E-state index contributed by atoms with van der Waals surface area (Å²) in [6, 6.07) is 2.00. The highest BCUT2D eigenvalue weighted by Crippen LogP contribution is 2.30. The molecule has 0 aromatic rings. The average Bonchev–Trinajstić information content (AvgIpc) is 2.86. The molecule has 1 heterocycles. The molecule has 0 radical (unpaired) electrons.